The number of benzene rings is 1. The van der Waals surface area contributed by atoms with E-state index in [1.54, 1.807) is 0 Å². The van der Waals surface area contributed by atoms with Gasteiger partial charge in [0.05, 0.1) is 12.3 Å². The van der Waals surface area contributed by atoms with Crippen LogP contribution in [0.15, 0.2) is 41.2 Å². The zero-order chi connectivity index (χ0) is 20.6. The van der Waals surface area contributed by atoms with Crippen molar-refractivity contribution < 1.29 is 9.53 Å². The number of aromatic nitrogens is 4. The highest BCUT2D eigenvalue weighted by Crippen LogP contribution is 2.34. The summed E-state index contributed by atoms with van der Waals surface area (Å²) in [5.41, 5.74) is 0.274. The van der Waals surface area contributed by atoms with E-state index in [2.05, 4.69) is 20.4 Å². The lowest BCUT2D eigenvalue weighted by molar-refractivity contribution is -0.154. The number of hydrogen-bond donors (Lipinski definition) is 2. The number of H-pyrrole nitrogens is 1. The predicted molar refractivity (Wildman–Crippen MR) is 111 cm³/mol. The van der Waals surface area contributed by atoms with Crippen molar-refractivity contribution >= 4 is 11.7 Å². The molecular weight excluding hydrogens is 382 g/mol. The topological polar surface area (TPSA) is 101 Å². The van der Waals surface area contributed by atoms with E-state index < -0.39 is 5.60 Å². The number of aromatic amines is 1. The van der Waals surface area contributed by atoms with Crippen LogP contribution in [0.4, 0.5) is 0 Å². The van der Waals surface area contributed by atoms with Gasteiger partial charge in [-0.1, -0.05) is 49.6 Å². The van der Waals surface area contributed by atoms with Crippen molar-refractivity contribution in [2.45, 2.75) is 63.2 Å². The van der Waals surface area contributed by atoms with E-state index in [0.717, 1.165) is 37.7 Å². The number of ether oxygens (including phenoxy) is 1. The molecule has 0 bridgehead atoms. The van der Waals surface area contributed by atoms with Crippen LogP contribution in [-0.2, 0) is 16.1 Å². The summed E-state index contributed by atoms with van der Waals surface area (Å²) >= 11 is 0. The van der Waals surface area contributed by atoms with Crippen molar-refractivity contribution in [3.8, 4) is 11.4 Å². The van der Waals surface area contributed by atoms with Crippen LogP contribution in [0, 0.1) is 0 Å². The van der Waals surface area contributed by atoms with Gasteiger partial charge in [0.1, 0.15) is 5.60 Å². The molecule has 0 atom stereocenters. The number of amides is 1. The Labute approximate surface area is 173 Å². The molecule has 1 amide bonds. The first-order valence-electron chi connectivity index (χ1n) is 10.6. The van der Waals surface area contributed by atoms with E-state index in [0.29, 0.717) is 36.2 Å². The molecule has 2 aliphatic carbocycles. The first-order valence-corrected chi connectivity index (χ1v) is 10.6. The van der Waals surface area contributed by atoms with Gasteiger partial charge in [-0.3, -0.25) is 14.7 Å². The fraction of sp³-hybridized carbons (Fsp3) is 0.455. The first-order chi connectivity index (χ1) is 14.6. The van der Waals surface area contributed by atoms with Crippen LogP contribution < -0.4 is 10.9 Å². The largest absolute Gasteiger partial charge is 0.359 e. The van der Waals surface area contributed by atoms with Crippen LogP contribution in [0.25, 0.3) is 17.2 Å². The lowest BCUT2D eigenvalue weighted by atomic mass is 9.83. The van der Waals surface area contributed by atoms with Gasteiger partial charge in [-0.2, -0.15) is 9.50 Å². The Hall–Kier alpha value is -3.00. The van der Waals surface area contributed by atoms with Crippen LogP contribution in [0.2, 0.25) is 0 Å². The molecule has 8 nitrogen and oxygen atoms in total. The monoisotopic (exact) mass is 407 g/mol. The molecular formula is C22H25N5O3. The van der Waals surface area contributed by atoms with Crippen molar-refractivity contribution in [2.75, 3.05) is 0 Å². The van der Waals surface area contributed by atoms with Gasteiger partial charge in [-0.15, -0.1) is 0 Å². The van der Waals surface area contributed by atoms with Crippen LogP contribution >= 0.6 is 0 Å². The van der Waals surface area contributed by atoms with Gasteiger partial charge in [-0.25, -0.2) is 4.98 Å². The van der Waals surface area contributed by atoms with Gasteiger partial charge in [0.25, 0.3) is 17.2 Å². The fourth-order valence-corrected chi connectivity index (χ4v) is 4.04. The van der Waals surface area contributed by atoms with E-state index in [9.17, 15) is 9.59 Å². The van der Waals surface area contributed by atoms with Gasteiger partial charge < -0.3 is 10.1 Å². The Balaban J connectivity index is 1.38. The second-order valence-electron chi connectivity index (χ2n) is 8.25. The summed E-state index contributed by atoms with van der Waals surface area (Å²) in [4.78, 5) is 34.4. The summed E-state index contributed by atoms with van der Waals surface area (Å²) in [7, 11) is 0. The maximum absolute atomic E-state index is 12.9. The number of rotatable bonds is 6. The molecule has 0 spiro atoms. The Kier molecular flexibility index (Phi) is 4.86. The van der Waals surface area contributed by atoms with E-state index >= 15 is 0 Å². The van der Waals surface area contributed by atoms with Crippen LogP contribution in [0.3, 0.4) is 0 Å². The van der Waals surface area contributed by atoms with Gasteiger partial charge in [0.15, 0.2) is 5.82 Å². The standard InChI is InChI=1S/C22H25N5O3/c28-18-13-17(24-21-25-19(26-27(18)21)15-7-3-1-4-8-15)14-30-22(11-5-2-6-12-22)20(29)23-16-9-10-16/h1,3-4,7-8,13,16H,2,5-6,9-12,14H2,(H,23,29)(H,24,25,26). The smallest absolute Gasteiger partial charge is 0.274 e. The number of hydrogen-bond acceptors (Lipinski definition) is 5. The number of nitrogens with one attached hydrogen (secondary N) is 2. The number of fused-ring (bicyclic) bond motifs is 1. The molecule has 2 aliphatic rings. The van der Waals surface area contributed by atoms with Crippen LogP contribution in [-0.4, -0.2) is 37.1 Å². The lowest BCUT2D eigenvalue weighted by Crippen LogP contribution is -2.50. The van der Waals surface area contributed by atoms with Crippen molar-refractivity contribution in [3.63, 3.8) is 0 Å². The summed E-state index contributed by atoms with van der Waals surface area (Å²) in [6, 6.07) is 11.3. The quantitative estimate of drug-likeness (QED) is 0.654. The van der Waals surface area contributed by atoms with Crippen molar-refractivity contribution in [3.05, 3.63) is 52.4 Å². The highest BCUT2D eigenvalue weighted by molar-refractivity contribution is 5.85. The lowest BCUT2D eigenvalue weighted by Gasteiger charge is -2.35. The van der Waals surface area contributed by atoms with Gasteiger partial charge in [0.2, 0.25) is 0 Å². The summed E-state index contributed by atoms with van der Waals surface area (Å²) in [5, 5.41) is 6.09. The molecule has 156 valence electrons. The molecule has 2 aromatic heterocycles. The van der Waals surface area contributed by atoms with Crippen molar-refractivity contribution in [1.29, 1.82) is 0 Å². The Morgan fingerprint density at radius 2 is 1.93 bits per heavy atom. The first kappa shape index (κ1) is 19.0. The normalized spacial score (nSPS) is 18.4. The molecule has 2 fully saturated rings. The van der Waals surface area contributed by atoms with E-state index in [-0.39, 0.29) is 18.1 Å². The summed E-state index contributed by atoms with van der Waals surface area (Å²) in [5.74, 6) is 0.847. The molecule has 8 heteroatoms. The molecule has 0 radical (unpaired) electrons. The van der Waals surface area contributed by atoms with E-state index in [1.807, 2.05) is 30.3 Å². The maximum atomic E-state index is 12.9. The zero-order valence-electron chi connectivity index (χ0n) is 16.8. The average Bonchev–Trinajstić information content (AvgIpc) is 3.48. The highest BCUT2D eigenvalue weighted by atomic mass is 16.5. The highest BCUT2D eigenvalue weighted by Gasteiger charge is 2.42. The van der Waals surface area contributed by atoms with Crippen molar-refractivity contribution in [2.24, 2.45) is 0 Å². The second kappa shape index (κ2) is 7.68. The molecule has 2 heterocycles. The third-order valence-electron chi connectivity index (χ3n) is 5.91. The van der Waals surface area contributed by atoms with Gasteiger partial charge >= 0.3 is 0 Å². The zero-order valence-corrected chi connectivity index (χ0v) is 16.8. The number of nitrogens with zero attached hydrogens (tertiary/aromatic N) is 3. The Morgan fingerprint density at radius 1 is 1.17 bits per heavy atom. The SMILES string of the molecule is O=C(NC1CC1)C1(OCc2cc(=O)n3[nH]c(-c4ccccc4)nc3n2)CCCCC1. The minimum atomic E-state index is -0.825. The second-order valence-corrected chi connectivity index (χ2v) is 8.25. The van der Waals surface area contributed by atoms with E-state index in [1.165, 1.54) is 10.6 Å². The summed E-state index contributed by atoms with van der Waals surface area (Å²) in [6.07, 6.45) is 6.53. The van der Waals surface area contributed by atoms with Crippen LogP contribution in [0.1, 0.15) is 50.6 Å². The fourth-order valence-electron chi connectivity index (χ4n) is 4.04. The molecule has 30 heavy (non-hydrogen) atoms. The minimum absolute atomic E-state index is 0.0198. The number of carbonyl (C=O) groups excluding carboxylic acids is 1. The molecule has 3 aromatic rings. The molecule has 2 N–H and O–H groups in total. The molecule has 0 aliphatic heterocycles. The van der Waals surface area contributed by atoms with Crippen molar-refractivity contribution in [1.82, 2.24) is 24.9 Å². The maximum Gasteiger partial charge on any atom is 0.274 e. The van der Waals surface area contributed by atoms with Crippen LogP contribution in [0.5, 0.6) is 0 Å². The summed E-state index contributed by atoms with van der Waals surface area (Å²) in [6.45, 7) is 0.108. The molecule has 1 aromatic carbocycles. The molecule has 0 saturated heterocycles. The Morgan fingerprint density at radius 3 is 2.67 bits per heavy atom. The van der Waals surface area contributed by atoms with Gasteiger partial charge in [0, 0.05) is 17.7 Å². The Bertz CT molecular complexity index is 1110. The molecule has 5 rings (SSSR count). The average molecular weight is 407 g/mol. The molecule has 0 unspecified atom stereocenters. The third kappa shape index (κ3) is 3.75. The predicted octanol–water partition coefficient (Wildman–Crippen LogP) is 2.58. The van der Waals surface area contributed by atoms with E-state index in [4.69, 9.17) is 4.74 Å². The minimum Gasteiger partial charge on any atom is -0.359 e. The molecule has 2 saturated carbocycles. The van der Waals surface area contributed by atoms with Gasteiger partial charge in [-0.05, 0) is 25.7 Å². The number of carbonyl (C=O) groups is 1. The summed E-state index contributed by atoms with van der Waals surface area (Å²) < 4.78 is 7.50. The third-order valence-corrected chi connectivity index (χ3v) is 5.91.